The van der Waals surface area contributed by atoms with E-state index in [2.05, 4.69) is 10.0 Å². The number of sulfonamides is 1. The Kier molecular flexibility index (Phi) is 7.18. The number of hydrogen-bond acceptors (Lipinski definition) is 6. The summed E-state index contributed by atoms with van der Waals surface area (Å²) in [6, 6.07) is 4.02. The van der Waals surface area contributed by atoms with E-state index in [1.54, 1.807) is 0 Å². The Hall–Kier alpha value is -1.68. The van der Waals surface area contributed by atoms with Crippen LogP contribution >= 0.6 is 0 Å². The molecule has 1 atom stereocenters. The van der Waals surface area contributed by atoms with Crippen LogP contribution in [0.25, 0.3) is 0 Å². The van der Waals surface area contributed by atoms with Gasteiger partial charge in [0.1, 0.15) is 4.90 Å². The van der Waals surface area contributed by atoms with E-state index in [9.17, 15) is 13.2 Å². The molecule has 140 valence electrons. The number of carboxylic acid groups (broad SMARTS) is 1. The summed E-state index contributed by atoms with van der Waals surface area (Å²) < 4.78 is 38.0. The van der Waals surface area contributed by atoms with E-state index >= 15 is 0 Å². The molecular formula is C16H24N2O6S. The minimum absolute atomic E-state index is 0.0318. The van der Waals surface area contributed by atoms with Gasteiger partial charge in [0.05, 0.1) is 17.4 Å². The van der Waals surface area contributed by atoms with Crippen molar-refractivity contribution in [1.82, 2.24) is 4.72 Å². The zero-order valence-corrected chi connectivity index (χ0v) is 15.0. The summed E-state index contributed by atoms with van der Waals surface area (Å²) in [6.07, 6.45) is 2.45. The van der Waals surface area contributed by atoms with Gasteiger partial charge in [0, 0.05) is 33.4 Å². The second kappa shape index (κ2) is 9.14. The van der Waals surface area contributed by atoms with Gasteiger partial charge in [-0.15, -0.1) is 0 Å². The van der Waals surface area contributed by atoms with Gasteiger partial charge in [0.15, 0.2) is 0 Å². The van der Waals surface area contributed by atoms with E-state index in [1.807, 2.05) is 0 Å². The van der Waals surface area contributed by atoms with Crippen LogP contribution in [0.2, 0.25) is 0 Å². The Bertz CT molecular complexity index is 686. The SMILES string of the molecule is COCCCNS(=O)(=O)c1cc(C(=O)O)ccc1NC[C@H]1CCCO1. The van der Waals surface area contributed by atoms with Gasteiger partial charge in [-0.05, 0) is 37.5 Å². The fraction of sp³-hybridized carbons (Fsp3) is 0.562. The first kappa shape index (κ1) is 19.6. The third-order valence-corrected chi connectivity index (χ3v) is 5.38. The Morgan fingerprint density at radius 2 is 2.24 bits per heavy atom. The van der Waals surface area contributed by atoms with Crippen molar-refractivity contribution >= 4 is 21.7 Å². The number of methoxy groups -OCH3 is 1. The van der Waals surface area contributed by atoms with E-state index in [-0.39, 0.29) is 23.1 Å². The van der Waals surface area contributed by atoms with E-state index in [1.165, 1.54) is 25.3 Å². The van der Waals surface area contributed by atoms with Crippen molar-refractivity contribution < 1.29 is 27.8 Å². The van der Waals surface area contributed by atoms with Crippen molar-refractivity contribution in [3.05, 3.63) is 23.8 Å². The van der Waals surface area contributed by atoms with Crippen LogP contribution in [-0.2, 0) is 19.5 Å². The van der Waals surface area contributed by atoms with Gasteiger partial charge in [0.2, 0.25) is 10.0 Å². The van der Waals surface area contributed by atoms with E-state index in [0.717, 1.165) is 12.8 Å². The predicted octanol–water partition coefficient (Wildman–Crippen LogP) is 1.29. The lowest BCUT2D eigenvalue weighted by atomic mass is 10.2. The van der Waals surface area contributed by atoms with Crippen LogP contribution in [-0.4, -0.2) is 59.0 Å². The summed E-state index contributed by atoms with van der Waals surface area (Å²) in [5.41, 5.74) is 0.277. The number of benzene rings is 1. The van der Waals surface area contributed by atoms with Gasteiger partial charge in [-0.1, -0.05) is 0 Å². The van der Waals surface area contributed by atoms with Gasteiger partial charge < -0.3 is 19.9 Å². The standard InChI is InChI=1S/C16H24N2O6S/c1-23-8-3-7-18-25(21,22)15-10-12(16(19)20)5-6-14(15)17-11-13-4-2-9-24-13/h5-6,10,13,17-18H,2-4,7-9,11H2,1H3,(H,19,20)/t13-/m1/s1. The summed E-state index contributed by atoms with van der Waals surface area (Å²) in [4.78, 5) is 11.1. The zero-order chi connectivity index (χ0) is 18.3. The number of carbonyl (C=O) groups is 1. The van der Waals surface area contributed by atoms with Gasteiger partial charge in [0.25, 0.3) is 0 Å². The molecule has 0 radical (unpaired) electrons. The fourth-order valence-corrected chi connectivity index (χ4v) is 3.83. The van der Waals surface area contributed by atoms with Crippen molar-refractivity contribution in [3.63, 3.8) is 0 Å². The second-order valence-electron chi connectivity index (χ2n) is 5.78. The number of nitrogens with one attached hydrogen (secondary N) is 2. The highest BCUT2D eigenvalue weighted by Gasteiger charge is 2.22. The molecule has 1 aliphatic heterocycles. The molecule has 0 aromatic heterocycles. The predicted molar refractivity (Wildman–Crippen MR) is 92.5 cm³/mol. The highest BCUT2D eigenvalue weighted by molar-refractivity contribution is 7.89. The Balaban J connectivity index is 2.18. The Morgan fingerprint density at radius 1 is 1.44 bits per heavy atom. The van der Waals surface area contributed by atoms with Crippen LogP contribution in [0, 0.1) is 0 Å². The molecule has 1 fully saturated rings. The topological polar surface area (TPSA) is 114 Å². The van der Waals surface area contributed by atoms with Crippen molar-refractivity contribution in [1.29, 1.82) is 0 Å². The van der Waals surface area contributed by atoms with Crippen molar-refractivity contribution in [3.8, 4) is 0 Å². The van der Waals surface area contributed by atoms with E-state index in [0.29, 0.717) is 31.9 Å². The molecule has 0 spiro atoms. The smallest absolute Gasteiger partial charge is 0.335 e. The average Bonchev–Trinajstić information content (AvgIpc) is 3.10. The maximum atomic E-state index is 12.6. The molecule has 9 heteroatoms. The molecule has 1 heterocycles. The maximum Gasteiger partial charge on any atom is 0.335 e. The molecule has 0 aliphatic carbocycles. The Labute approximate surface area is 147 Å². The first-order chi connectivity index (χ1) is 11.9. The second-order valence-corrected chi connectivity index (χ2v) is 7.51. The number of carboxylic acids is 1. The maximum absolute atomic E-state index is 12.6. The molecule has 0 unspecified atom stereocenters. The minimum atomic E-state index is -3.85. The largest absolute Gasteiger partial charge is 0.478 e. The summed E-state index contributed by atoms with van der Waals surface area (Å²) in [5, 5.41) is 12.2. The molecule has 1 aromatic carbocycles. The molecular weight excluding hydrogens is 348 g/mol. The molecule has 1 aliphatic rings. The number of ether oxygens (including phenoxy) is 2. The molecule has 2 rings (SSSR count). The summed E-state index contributed by atoms with van der Waals surface area (Å²) in [7, 11) is -2.31. The normalized spacial score (nSPS) is 17.6. The summed E-state index contributed by atoms with van der Waals surface area (Å²) in [6.45, 7) is 1.82. The molecule has 0 amide bonds. The first-order valence-electron chi connectivity index (χ1n) is 8.15. The third kappa shape index (κ3) is 5.67. The number of hydrogen-bond donors (Lipinski definition) is 3. The van der Waals surface area contributed by atoms with Crippen molar-refractivity contribution in [2.75, 3.05) is 38.7 Å². The molecule has 1 aromatic rings. The number of rotatable bonds is 10. The van der Waals surface area contributed by atoms with Crippen LogP contribution in [0.1, 0.15) is 29.6 Å². The van der Waals surface area contributed by atoms with Crippen LogP contribution in [0.3, 0.4) is 0 Å². The van der Waals surface area contributed by atoms with Crippen LogP contribution in [0.15, 0.2) is 23.1 Å². The van der Waals surface area contributed by atoms with Crippen LogP contribution in [0.5, 0.6) is 0 Å². The van der Waals surface area contributed by atoms with Crippen LogP contribution < -0.4 is 10.0 Å². The lowest BCUT2D eigenvalue weighted by molar-refractivity contribution is 0.0696. The third-order valence-electron chi connectivity index (χ3n) is 3.88. The quantitative estimate of drug-likeness (QED) is 0.530. The lowest BCUT2D eigenvalue weighted by Gasteiger charge is -2.16. The van der Waals surface area contributed by atoms with E-state index in [4.69, 9.17) is 14.6 Å². The van der Waals surface area contributed by atoms with E-state index < -0.39 is 16.0 Å². The summed E-state index contributed by atoms with van der Waals surface area (Å²) >= 11 is 0. The highest BCUT2D eigenvalue weighted by Crippen LogP contribution is 2.24. The number of anilines is 1. The molecule has 25 heavy (non-hydrogen) atoms. The minimum Gasteiger partial charge on any atom is -0.478 e. The van der Waals surface area contributed by atoms with Gasteiger partial charge in [-0.2, -0.15) is 0 Å². The monoisotopic (exact) mass is 372 g/mol. The molecule has 0 saturated carbocycles. The lowest BCUT2D eigenvalue weighted by Crippen LogP contribution is -2.27. The highest BCUT2D eigenvalue weighted by atomic mass is 32.2. The van der Waals surface area contributed by atoms with Gasteiger partial charge in [-0.25, -0.2) is 17.9 Å². The van der Waals surface area contributed by atoms with Crippen molar-refractivity contribution in [2.24, 2.45) is 0 Å². The zero-order valence-electron chi connectivity index (χ0n) is 14.2. The van der Waals surface area contributed by atoms with Gasteiger partial charge in [-0.3, -0.25) is 0 Å². The molecule has 3 N–H and O–H groups in total. The molecule has 1 saturated heterocycles. The average molecular weight is 372 g/mol. The first-order valence-corrected chi connectivity index (χ1v) is 9.64. The van der Waals surface area contributed by atoms with Crippen LogP contribution in [0.4, 0.5) is 5.69 Å². The number of aromatic carboxylic acids is 1. The summed E-state index contributed by atoms with van der Waals surface area (Å²) in [5.74, 6) is -1.18. The van der Waals surface area contributed by atoms with Crippen molar-refractivity contribution in [2.45, 2.75) is 30.3 Å². The fourth-order valence-electron chi connectivity index (χ4n) is 2.55. The molecule has 8 nitrogen and oxygen atoms in total. The van der Waals surface area contributed by atoms with Gasteiger partial charge >= 0.3 is 5.97 Å². The molecule has 0 bridgehead atoms. The Morgan fingerprint density at radius 3 is 2.88 bits per heavy atom.